The van der Waals surface area contributed by atoms with E-state index in [1.165, 1.54) is 0 Å². The van der Waals surface area contributed by atoms with Gasteiger partial charge in [0.1, 0.15) is 5.60 Å². The number of carbonyl (C=O) groups is 1. The monoisotopic (exact) mass is 270 g/mol. The standard InChI is InChI=1S/C14H26N2O3/c1-13(2,3)19-12(18)16-7-11-5-10(8-17)6-14(11,9-16)15-4/h10-11,15,17H,5-9H2,1-4H3. The Labute approximate surface area is 115 Å². The van der Waals surface area contributed by atoms with Crippen LogP contribution < -0.4 is 5.32 Å². The largest absolute Gasteiger partial charge is 0.444 e. The van der Waals surface area contributed by atoms with E-state index in [1.807, 2.05) is 27.8 Å². The maximum atomic E-state index is 12.1. The molecule has 3 atom stereocenters. The third-order valence-corrected chi connectivity index (χ3v) is 4.37. The number of likely N-dealkylation sites (N-methyl/N-ethyl adjacent to an activating group) is 1. The number of amides is 1. The number of rotatable bonds is 2. The van der Waals surface area contributed by atoms with Crippen LogP contribution in [0.3, 0.4) is 0 Å². The number of ether oxygens (including phenoxy) is 1. The predicted octanol–water partition coefficient (Wildman–Crippen LogP) is 1.21. The molecule has 0 aromatic carbocycles. The summed E-state index contributed by atoms with van der Waals surface area (Å²) in [6.45, 7) is 7.31. The first-order valence-electron chi connectivity index (χ1n) is 7.07. The van der Waals surface area contributed by atoms with Gasteiger partial charge in [-0.25, -0.2) is 4.79 Å². The highest BCUT2D eigenvalue weighted by Gasteiger charge is 2.53. The number of nitrogens with one attached hydrogen (secondary N) is 1. The lowest BCUT2D eigenvalue weighted by molar-refractivity contribution is 0.0270. The Morgan fingerprint density at radius 1 is 1.53 bits per heavy atom. The van der Waals surface area contributed by atoms with Crippen LogP contribution in [0, 0.1) is 11.8 Å². The van der Waals surface area contributed by atoms with Crippen molar-refractivity contribution >= 4 is 6.09 Å². The van der Waals surface area contributed by atoms with Crippen LogP contribution in [-0.2, 0) is 4.74 Å². The van der Waals surface area contributed by atoms with Gasteiger partial charge in [-0.3, -0.25) is 0 Å². The Morgan fingerprint density at radius 2 is 2.21 bits per heavy atom. The van der Waals surface area contributed by atoms with Crippen LogP contribution in [-0.4, -0.2) is 54.0 Å². The average Bonchev–Trinajstić information content (AvgIpc) is 2.79. The number of fused-ring (bicyclic) bond motifs is 1. The van der Waals surface area contributed by atoms with E-state index in [0.717, 1.165) is 19.4 Å². The van der Waals surface area contributed by atoms with E-state index in [1.54, 1.807) is 4.90 Å². The van der Waals surface area contributed by atoms with Crippen LogP contribution in [0.1, 0.15) is 33.6 Å². The third kappa shape index (κ3) is 2.87. The molecule has 0 bridgehead atoms. The molecule has 1 aliphatic heterocycles. The van der Waals surface area contributed by atoms with Crippen LogP contribution in [0.25, 0.3) is 0 Å². The molecule has 19 heavy (non-hydrogen) atoms. The zero-order valence-corrected chi connectivity index (χ0v) is 12.4. The van der Waals surface area contributed by atoms with Gasteiger partial charge >= 0.3 is 6.09 Å². The molecule has 0 radical (unpaired) electrons. The van der Waals surface area contributed by atoms with Crippen LogP contribution in [0.5, 0.6) is 0 Å². The van der Waals surface area contributed by atoms with Crippen LogP contribution >= 0.6 is 0 Å². The Morgan fingerprint density at radius 3 is 2.68 bits per heavy atom. The zero-order chi connectivity index (χ0) is 14.3. The predicted molar refractivity (Wildman–Crippen MR) is 72.9 cm³/mol. The average molecular weight is 270 g/mol. The topological polar surface area (TPSA) is 61.8 Å². The molecular weight excluding hydrogens is 244 g/mol. The summed E-state index contributed by atoms with van der Waals surface area (Å²) in [7, 11) is 1.95. The van der Waals surface area contributed by atoms with Gasteiger partial charge in [0.15, 0.2) is 0 Å². The molecule has 2 rings (SSSR count). The smallest absolute Gasteiger partial charge is 0.410 e. The van der Waals surface area contributed by atoms with E-state index < -0.39 is 5.60 Å². The van der Waals surface area contributed by atoms with E-state index in [0.29, 0.717) is 18.4 Å². The van der Waals surface area contributed by atoms with Crippen molar-refractivity contribution in [2.45, 2.75) is 44.8 Å². The maximum absolute atomic E-state index is 12.1. The van der Waals surface area contributed by atoms with Gasteiger partial charge in [0.25, 0.3) is 0 Å². The van der Waals surface area contributed by atoms with Gasteiger partial charge in [-0.05, 0) is 52.5 Å². The highest BCUT2D eigenvalue weighted by atomic mass is 16.6. The molecule has 1 saturated carbocycles. The summed E-state index contributed by atoms with van der Waals surface area (Å²) in [5.74, 6) is 0.778. The fraction of sp³-hybridized carbons (Fsp3) is 0.929. The van der Waals surface area contributed by atoms with E-state index in [-0.39, 0.29) is 18.2 Å². The van der Waals surface area contributed by atoms with Gasteiger partial charge in [0.05, 0.1) is 0 Å². The highest BCUT2D eigenvalue weighted by molar-refractivity contribution is 5.69. The number of aliphatic hydroxyl groups excluding tert-OH is 1. The Balaban J connectivity index is 2.02. The Bertz CT molecular complexity index is 353. The number of carbonyl (C=O) groups excluding carboxylic acids is 1. The molecule has 5 nitrogen and oxygen atoms in total. The summed E-state index contributed by atoms with van der Waals surface area (Å²) >= 11 is 0. The van der Waals surface area contributed by atoms with Gasteiger partial charge in [-0.2, -0.15) is 0 Å². The van der Waals surface area contributed by atoms with Crippen molar-refractivity contribution < 1.29 is 14.6 Å². The number of hydrogen-bond donors (Lipinski definition) is 2. The summed E-state index contributed by atoms with van der Waals surface area (Å²) in [6, 6.07) is 0. The number of nitrogens with zero attached hydrogens (tertiary/aromatic N) is 1. The highest BCUT2D eigenvalue weighted by Crippen LogP contribution is 2.44. The van der Waals surface area contributed by atoms with Gasteiger partial charge in [0, 0.05) is 25.2 Å². The molecule has 0 aromatic heterocycles. The van der Waals surface area contributed by atoms with Crippen molar-refractivity contribution in [1.29, 1.82) is 0 Å². The Hall–Kier alpha value is -0.810. The van der Waals surface area contributed by atoms with Crippen LogP contribution in [0.15, 0.2) is 0 Å². The molecule has 2 N–H and O–H groups in total. The van der Waals surface area contributed by atoms with Crippen molar-refractivity contribution in [2.24, 2.45) is 11.8 Å². The molecule has 2 aliphatic rings. The minimum Gasteiger partial charge on any atom is -0.444 e. The fourth-order valence-electron chi connectivity index (χ4n) is 3.50. The first kappa shape index (κ1) is 14.6. The minimum absolute atomic E-state index is 0.0374. The molecule has 110 valence electrons. The first-order valence-corrected chi connectivity index (χ1v) is 7.07. The first-order chi connectivity index (χ1) is 8.79. The summed E-state index contributed by atoms with van der Waals surface area (Å²) in [4.78, 5) is 13.9. The van der Waals surface area contributed by atoms with Gasteiger partial charge in [-0.15, -0.1) is 0 Å². The molecule has 2 fully saturated rings. The summed E-state index contributed by atoms with van der Waals surface area (Å²) in [5, 5.41) is 12.7. The zero-order valence-electron chi connectivity index (χ0n) is 12.4. The lowest BCUT2D eigenvalue weighted by Crippen LogP contribution is -2.48. The normalized spacial score (nSPS) is 34.5. The third-order valence-electron chi connectivity index (χ3n) is 4.37. The lowest BCUT2D eigenvalue weighted by atomic mass is 9.91. The number of hydrogen-bond acceptors (Lipinski definition) is 4. The molecule has 0 aromatic rings. The molecular formula is C14H26N2O3. The van der Waals surface area contributed by atoms with E-state index in [2.05, 4.69) is 5.32 Å². The minimum atomic E-state index is -0.449. The number of aliphatic hydroxyl groups is 1. The van der Waals surface area contributed by atoms with Gasteiger partial charge in [0.2, 0.25) is 0 Å². The van der Waals surface area contributed by atoms with E-state index in [4.69, 9.17) is 4.74 Å². The van der Waals surface area contributed by atoms with Crippen molar-refractivity contribution in [3.8, 4) is 0 Å². The van der Waals surface area contributed by atoms with Crippen molar-refractivity contribution in [2.75, 3.05) is 26.7 Å². The summed E-state index contributed by atoms with van der Waals surface area (Å²) < 4.78 is 5.44. The van der Waals surface area contributed by atoms with E-state index >= 15 is 0 Å². The molecule has 1 aliphatic carbocycles. The molecule has 1 saturated heterocycles. The SMILES string of the molecule is CNC12CC(CO)CC1CN(C(=O)OC(C)(C)C)C2. The molecule has 0 spiro atoms. The summed E-state index contributed by atoms with van der Waals surface area (Å²) in [5.41, 5.74) is -0.487. The van der Waals surface area contributed by atoms with Crippen molar-refractivity contribution in [3.05, 3.63) is 0 Å². The van der Waals surface area contributed by atoms with Gasteiger partial charge < -0.3 is 20.1 Å². The summed E-state index contributed by atoms with van der Waals surface area (Å²) in [6.07, 6.45) is 1.69. The van der Waals surface area contributed by atoms with Gasteiger partial charge in [-0.1, -0.05) is 0 Å². The second kappa shape index (κ2) is 4.94. The van der Waals surface area contributed by atoms with Crippen molar-refractivity contribution in [1.82, 2.24) is 10.2 Å². The Kier molecular flexibility index (Phi) is 3.80. The van der Waals surface area contributed by atoms with E-state index in [9.17, 15) is 9.90 Å². The molecule has 1 heterocycles. The fourth-order valence-corrected chi connectivity index (χ4v) is 3.50. The number of likely N-dealkylation sites (tertiary alicyclic amines) is 1. The molecule has 3 unspecified atom stereocenters. The second-order valence-electron chi connectivity index (χ2n) is 6.95. The second-order valence-corrected chi connectivity index (χ2v) is 6.95. The maximum Gasteiger partial charge on any atom is 0.410 e. The van der Waals surface area contributed by atoms with Crippen molar-refractivity contribution in [3.63, 3.8) is 0 Å². The molecule has 1 amide bonds. The quantitative estimate of drug-likeness (QED) is 0.792. The molecule has 5 heteroatoms. The van der Waals surface area contributed by atoms with Crippen LogP contribution in [0.2, 0.25) is 0 Å². The lowest BCUT2D eigenvalue weighted by Gasteiger charge is -2.29. The van der Waals surface area contributed by atoms with Crippen LogP contribution in [0.4, 0.5) is 4.79 Å².